The monoisotopic (exact) mass is 311 g/mol. The molecule has 6 nitrogen and oxygen atoms in total. The third-order valence-corrected chi connectivity index (χ3v) is 5.44. The second-order valence-electron chi connectivity index (χ2n) is 7.15. The van der Waals surface area contributed by atoms with Crippen LogP contribution in [-0.4, -0.2) is 118 Å². The molecular weight excluding hydrogens is 278 g/mol. The molecule has 3 saturated heterocycles. The molecule has 3 aliphatic heterocycles. The normalized spacial score (nSPS) is 33.0. The molecule has 1 atom stereocenters. The maximum Gasteiger partial charge on any atom is 0.155 e. The van der Waals surface area contributed by atoms with Gasteiger partial charge in [-0.1, -0.05) is 0 Å². The van der Waals surface area contributed by atoms with Crippen LogP contribution in [0.5, 0.6) is 0 Å². The summed E-state index contributed by atoms with van der Waals surface area (Å²) < 4.78 is 5.57. The average molecular weight is 311 g/mol. The highest BCUT2D eigenvalue weighted by molar-refractivity contribution is 4.92. The first-order valence-electron chi connectivity index (χ1n) is 8.88. The van der Waals surface area contributed by atoms with E-state index in [1.54, 1.807) is 0 Å². The van der Waals surface area contributed by atoms with Gasteiger partial charge in [0.05, 0.1) is 6.61 Å². The number of rotatable bonds is 6. The summed E-state index contributed by atoms with van der Waals surface area (Å²) >= 11 is 0. The zero-order chi connectivity index (χ0) is 15.4. The van der Waals surface area contributed by atoms with E-state index in [9.17, 15) is 0 Å². The van der Waals surface area contributed by atoms with Gasteiger partial charge in [0.2, 0.25) is 0 Å². The summed E-state index contributed by atoms with van der Waals surface area (Å²) in [4.78, 5) is 10.3. The third-order valence-electron chi connectivity index (χ3n) is 5.44. The first kappa shape index (κ1) is 16.6. The highest BCUT2D eigenvalue weighted by Crippen LogP contribution is 2.24. The number of piperazine rings is 1. The number of nitrogens with zero attached hydrogens (tertiary/aromatic N) is 4. The van der Waals surface area contributed by atoms with Crippen LogP contribution in [0.25, 0.3) is 0 Å². The predicted octanol–water partition coefficient (Wildman–Crippen LogP) is -0.813. The van der Waals surface area contributed by atoms with E-state index in [0.717, 1.165) is 13.2 Å². The Bertz CT molecular complexity index is 341. The minimum absolute atomic E-state index is 0.0327. The fourth-order valence-electron chi connectivity index (χ4n) is 3.52. The molecule has 0 aromatic carbocycles. The van der Waals surface area contributed by atoms with Crippen molar-refractivity contribution in [3.05, 3.63) is 0 Å². The fraction of sp³-hybridized carbons (Fsp3) is 1.00. The molecule has 3 heterocycles. The van der Waals surface area contributed by atoms with Crippen LogP contribution in [0, 0.1) is 0 Å². The number of nitrogens with one attached hydrogen (secondary N) is 1. The largest absolute Gasteiger partial charge is 0.352 e. The van der Waals surface area contributed by atoms with Gasteiger partial charge in [0.1, 0.15) is 0 Å². The minimum atomic E-state index is -0.0327. The van der Waals surface area contributed by atoms with E-state index in [2.05, 4.69) is 32.0 Å². The molecule has 1 N–H and O–H groups in total. The van der Waals surface area contributed by atoms with Crippen molar-refractivity contribution in [2.45, 2.75) is 12.1 Å². The van der Waals surface area contributed by atoms with E-state index in [1.807, 2.05) is 7.05 Å². The Labute approximate surface area is 135 Å². The Kier molecular flexibility index (Phi) is 5.70. The van der Waals surface area contributed by atoms with E-state index in [0.29, 0.717) is 0 Å². The van der Waals surface area contributed by atoms with Crippen LogP contribution in [0.1, 0.15) is 6.42 Å². The zero-order valence-electron chi connectivity index (χ0n) is 14.4. The van der Waals surface area contributed by atoms with E-state index < -0.39 is 0 Å². The van der Waals surface area contributed by atoms with Crippen molar-refractivity contribution in [2.75, 3.05) is 92.7 Å². The van der Waals surface area contributed by atoms with Gasteiger partial charge in [0.25, 0.3) is 0 Å². The van der Waals surface area contributed by atoms with E-state index >= 15 is 0 Å². The molecule has 22 heavy (non-hydrogen) atoms. The van der Waals surface area contributed by atoms with Crippen LogP contribution in [0.15, 0.2) is 0 Å². The average Bonchev–Trinajstić information content (AvgIpc) is 3.33. The van der Waals surface area contributed by atoms with Crippen molar-refractivity contribution in [3.63, 3.8) is 0 Å². The maximum absolute atomic E-state index is 5.57. The molecule has 3 fully saturated rings. The van der Waals surface area contributed by atoms with Crippen molar-refractivity contribution < 1.29 is 4.74 Å². The van der Waals surface area contributed by atoms with Crippen LogP contribution in [0.2, 0.25) is 0 Å². The van der Waals surface area contributed by atoms with Gasteiger partial charge < -0.3 is 14.5 Å². The minimum Gasteiger partial charge on any atom is -0.352 e. The smallest absolute Gasteiger partial charge is 0.155 e. The molecule has 3 aliphatic rings. The number of likely N-dealkylation sites (N-methyl/N-ethyl adjacent to an activating group) is 2. The van der Waals surface area contributed by atoms with Crippen LogP contribution in [-0.2, 0) is 4.74 Å². The van der Waals surface area contributed by atoms with Crippen molar-refractivity contribution in [1.29, 1.82) is 0 Å². The second-order valence-corrected chi connectivity index (χ2v) is 7.15. The summed E-state index contributed by atoms with van der Waals surface area (Å²) in [5.41, 5.74) is -0.0327. The number of ether oxygens (including phenoxy) is 1. The van der Waals surface area contributed by atoms with Gasteiger partial charge in [0.15, 0.2) is 5.72 Å². The first-order valence-corrected chi connectivity index (χ1v) is 8.88. The van der Waals surface area contributed by atoms with Gasteiger partial charge in [-0.25, -0.2) is 0 Å². The molecular formula is C16H33N5O. The van der Waals surface area contributed by atoms with Gasteiger partial charge >= 0.3 is 0 Å². The first-order chi connectivity index (χ1) is 10.7. The van der Waals surface area contributed by atoms with Crippen LogP contribution in [0.4, 0.5) is 0 Å². The van der Waals surface area contributed by atoms with Gasteiger partial charge in [-0.3, -0.25) is 15.1 Å². The summed E-state index contributed by atoms with van der Waals surface area (Å²) in [5.74, 6) is 0. The zero-order valence-corrected chi connectivity index (χ0v) is 14.4. The Hall–Kier alpha value is -0.240. The Morgan fingerprint density at radius 3 is 2.05 bits per heavy atom. The molecule has 3 rings (SSSR count). The van der Waals surface area contributed by atoms with Gasteiger partial charge in [-0.2, -0.15) is 0 Å². The maximum atomic E-state index is 5.57. The van der Waals surface area contributed by atoms with Gasteiger partial charge in [-0.05, 0) is 33.6 Å². The SMILES string of the molecule is CNC1(CN2CCCN(CCN3CCN(C)CC3)CC2)CO1. The summed E-state index contributed by atoms with van der Waals surface area (Å²) in [6.45, 7) is 14.1. The highest BCUT2D eigenvalue weighted by atomic mass is 16.6. The molecule has 0 bridgehead atoms. The van der Waals surface area contributed by atoms with Crippen molar-refractivity contribution >= 4 is 0 Å². The lowest BCUT2D eigenvalue weighted by Crippen LogP contribution is -2.47. The Morgan fingerprint density at radius 1 is 0.864 bits per heavy atom. The van der Waals surface area contributed by atoms with Crippen molar-refractivity contribution in [1.82, 2.24) is 24.9 Å². The van der Waals surface area contributed by atoms with E-state index in [-0.39, 0.29) is 5.72 Å². The van der Waals surface area contributed by atoms with Crippen LogP contribution < -0.4 is 5.32 Å². The molecule has 0 spiro atoms. The third kappa shape index (κ3) is 4.63. The van der Waals surface area contributed by atoms with Crippen molar-refractivity contribution in [2.24, 2.45) is 0 Å². The number of hydrogen-bond acceptors (Lipinski definition) is 6. The van der Waals surface area contributed by atoms with Crippen LogP contribution in [0.3, 0.4) is 0 Å². The molecule has 128 valence electrons. The molecule has 0 amide bonds. The summed E-state index contributed by atoms with van der Waals surface area (Å²) in [5, 5.41) is 3.31. The number of epoxide rings is 1. The number of hydrogen-bond donors (Lipinski definition) is 1. The van der Waals surface area contributed by atoms with E-state index in [4.69, 9.17) is 4.74 Å². The Morgan fingerprint density at radius 2 is 1.41 bits per heavy atom. The lowest BCUT2D eigenvalue weighted by atomic mass is 10.3. The molecule has 0 radical (unpaired) electrons. The lowest BCUT2D eigenvalue weighted by Gasteiger charge is -2.33. The molecule has 6 heteroatoms. The van der Waals surface area contributed by atoms with Gasteiger partial charge in [-0.15, -0.1) is 0 Å². The molecule has 0 aromatic heterocycles. The predicted molar refractivity (Wildman–Crippen MR) is 89.2 cm³/mol. The van der Waals surface area contributed by atoms with Crippen LogP contribution >= 0.6 is 0 Å². The fourth-order valence-corrected chi connectivity index (χ4v) is 3.52. The molecule has 0 aromatic rings. The Balaban J connectivity index is 1.35. The highest BCUT2D eigenvalue weighted by Gasteiger charge is 2.44. The summed E-state index contributed by atoms with van der Waals surface area (Å²) in [7, 11) is 4.23. The topological polar surface area (TPSA) is 37.5 Å². The molecule has 0 aliphatic carbocycles. The summed E-state index contributed by atoms with van der Waals surface area (Å²) in [6.07, 6.45) is 1.28. The molecule has 0 saturated carbocycles. The quantitative estimate of drug-likeness (QED) is 0.647. The standard InChI is InChI=1S/C16H33N5O/c1-17-16(15-22-16)14-21-5-3-4-19(12-13-21)10-11-20-8-6-18(2)7-9-20/h17H,3-15H2,1-2H3. The second kappa shape index (κ2) is 7.55. The van der Waals surface area contributed by atoms with E-state index in [1.165, 1.54) is 71.9 Å². The molecule has 1 unspecified atom stereocenters. The van der Waals surface area contributed by atoms with Gasteiger partial charge in [0, 0.05) is 58.9 Å². The van der Waals surface area contributed by atoms with Crippen molar-refractivity contribution in [3.8, 4) is 0 Å². The lowest BCUT2D eigenvalue weighted by molar-refractivity contribution is 0.134. The summed E-state index contributed by atoms with van der Waals surface area (Å²) in [6, 6.07) is 0.